The molecule has 74 valence electrons. The van der Waals surface area contributed by atoms with Gasteiger partial charge in [-0.05, 0) is 6.07 Å². The van der Waals surface area contributed by atoms with E-state index >= 15 is 0 Å². The van der Waals surface area contributed by atoms with Gasteiger partial charge in [-0.25, -0.2) is 9.78 Å². The Morgan fingerprint density at radius 1 is 1.43 bits per heavy atom. The van der Waals surface area contributed by atoms with Crippen molar-refractivity contribution in [2.24, 2.45) is 0 Å². The van der Waals surface area contributed by atoms with Gasteiger partial charge in [0.15, 0.2) is 0 Å². The SMILES string of the molecule is O=C1CCNC(c2ccnc(=O)[nH]2)C1. The number of piperidine rings is 1. The summed E-state index contributed by atoms with van der Waals surface area (Å²) in [5.41, 5.74) is 0.361. The molecule has 1 fully saturated rings. The van der Waals surface area contributed by atoms with Gasteiger partial charge in [-0.3, -0.25) is 4.79 Å². The van der Waals surface area contributed by atoms with Crippen LogP contribution in [0.4, 0.5) is 0 Å². The third kappa shape index (κ3) is 1.88. The normalized spacial score (nSPS) is 22.3. The van der Waals surface area contributed by atoms with Crippen molar-refractivity contribution in [2.45, 2.75) is 18.9 Å². The first-order valence-electron chi connectivity index (χ1n) is 4.56. The van der Waals surface area contributed by atoms with Crippen molar-refractivity contribution in [2.75, 3.05) is 6.54 Å². The molecule has 1 aliphatic heterocycles. The number of carbonyl (C=O) groups excluding carboxylic acids is 1. The molecule has 1 aliphatic rings. The van der Waals surface area contributed by atoms with Gasteiger partial charge in [0.1, 0.15) is 5.78 Å². The van der Waals surface area contributed by atoms with E-state index in [1.807, 2.05) is 0 Å². The Morgan fingerprint density at radius 2 is 2.29 bits per heavy atom. The number of carbonyl (C=O) groups is 1. The van der Waals surface area contributed by atoms with E-state index in [9.17, 15) is 9.59 Å². The Labute approximate surface area is 80.6 Å². The van der Waals surface area contributed by atoms with Crippen LogP contribution in [0.5, 0.6) is 0 Å². The summed E-state index contributed by atoms with van der Waals surface area (Å²) in [6.45, 7) is 0.674. The van der Waals surface area contributed by atoms with Crippen molar-refractivity contribution in [1.82, 2.24) is 15.3 Å². The third-order valence-electron chi connectivity index (χ3n) is 2.30. The Bertz CT molecular complexity index is 399. The van der Waals surface area contributed by atoms with Gasteiger partial charge in [0.05, 0.1) is 6.04 Å². The zero-order chi connectivity index (χ0) is 9.97. The molecule has 5 heteroatoms. The number of rotatable bonds is 1. The minimum atomic E-state index is -0.373. The maximum atomic E-state index is 11.2. The largest absolute Gasteiger partial charge is 0.345 e. The Balaban J connectivity index is 2.22. The zero-order valence-corrected chi connectivity index (χ0v) is 7.62. The van der Waals surface area contributed by atoms with E-state index in [1.165, 1.54) is 6.20 Å². The molecule has 0 saturated carbocycles. The number of ketones is 1. The molecule has 0 bridgehead atoms. The molecule has 2 rings (SSSR count). The first-order chi connectivity index (χ1) is 6.75. The van der Waals surface area contributed by atoms with Gasteiger partial charge in [-0.15, -0.1) is 0 Å². The summed E-state index contributed by atoms with van der Waals surface area (Å²) >= 11 is 0. The second-order valence-electron chi connectivity index (χ2n) is 3.33. The van der Waals surface area contributed by atoms with Crippen LogP contribution in [0.25, 0.3) is 0 Å². The first-order valence-corrected chi connectivity index (χ1v) is 4.56. The highest BCUT2D eigenvalue weighted by Gasteiger charge is 2.20. The maximum Gasteiger partial charge on any atom is 0.345 e. The van der Waals surface area contributed by atoms with E-state index in [-0.39, 0.29) is 17.5 Å². The number of nitrogens with one attached hydrogen (secondary N) is 2. The lowest BCUT2D eigenvalue weighted by atomic mass is 10.0. The second-order valence-corrected chi connectivity index (χ2v) is 3.33. The van der Waals surface area contributed by atoms with E-state index in [0.717, 1.165) is 5.69 Å². The highest BCUT2D eigenvalue weighted by Crippen LogP contribution is 2.17. The highest BCUT2D eigenvalue weighted by atomic mass is 16.1. The molecule has 1 saturated heterocycles. The van der Waals surface area contributed by atoms with E-state index in [2.05, 4.69) is 15.3 Å². The van der Waals surface area contributed by atoms with Crippen molar-refractivity contribution >= 4 is 5.78 Å². The number of aromatic amines is 1. The molecule has 2 heterocycles. The van der Waals surface area contributed by atoms with E-state index < -0.39 is 0 Å². The maximum absolute atomic E-state index is 11.2. The van der Waals surface area contributed by atoms with E-state index in [0.29, 0.717) is 19.4 Å². The van der Waals surface area contributed by atoms with Crippen LogP contribution in [0.2, 0.25) is 0 Å². The van der Waals surface area contributed by atoms with Crippen LogP contribution in [0.3, 0.4) is 0 Å². The molecule has 14 heavy (non-hydrogen) atoms. The van der Waals surface area contributed by atoms with E-state index in [4.69, 9.17) is 0 Å². The average Bonchev–Trinajstić information content (AvgIpc) is 2.18. The molecule has 2 N–H and O–H groups in total. The fourth-order valence-electron chi connectivity index (χ4n) is 1.59. The van der Waals surface area contributed by atoms with Crippen LogP contribution in [-0.4, -0.2) is 22.3 Å². The zero-order valence-electron chi connectivity index (χ0n) is 7.62. The Hall–Kier alpha value is -1.49. The smallest absolute Gasteiger partial charge is 0.308 e. The predicted octanol–water partition coefficient (Wildman–Crippen LogP) is -0.237. The molecule has 0 spiro atoms. The standard InChI is InChI=1S/C9H11N3O2/c13-6-1-3-10-8(5-6)7-2-4-11-9(14)12-7/h2,4,8,10H,1,3,5H2,(H,11,12,14). The molecule has 5 nitrogen and oxygen atoms in total. The lowest BCUT2D eigenvalue weighted by molar-refractivity contribution is -0.120. The van der Waals surface area contributed by atoms with Crippen molar-refractivity contribution < 1.29 is 4.79 Å². The van der Waals surface area contributed by atoms with Gasteiger partial charge in [0.25, 0.3) is 0 Å². The summed E-state index contributed by atoms with van der Waals surface area (Å²) in [6.07, 6.45) is 2.47. The molecule has 1 aromatic rings. The van der Waals surface area contributed by atoms with Gasteiger partial charge < -0.3 is 10.3 Å². The minimum absolute atomic E-state index is 0.0630. The molecular weight excluding hydrogens is 182 g/mol. The van der Waals surface area contributed by atoms with Gasteiger partial charge in [-0.2, -0.15) is 0 Å². The molecule has 0 radical (unpaired) electrons. The summed E-state index contributed by atoms with van der Waals surface area (Å²) in [7, 11) is 0. The number of hydrogen-bond donors (Lipinski definition) is 2. The molecular formula is C9H11N3O2. The van der Waals surface area contributed by atoms with Crippen LogP contribution in [0.15, 0.2) is 17.1 Å². The highest BCUT2D eigenvalue weighted by molar-refractivity contribution is 5.80. The van der Waals surface area contributed by atoms with Crippen molar-refractivity contribution in [3.05, 3.63) is 28.4 Å². The quantitative estimate of drug-likeness (QED) is 0.645. The van der Waals surface area contributed by atoms with Crippen LogP contribution >= 0.6 is 0 Å². The van der Waals surface area contributed by atoms with Gasteiger partial charge in [0.2, 0.25) is 0 Å². The minimum Gasteiger partial charge on any atom is -0.308 e. The van der Waals surface area contributed by atoms with Crippen LogP contribution in [-0.2, 0) is 4.79 Å². The fraction of sp³-hybridized carbons (Fsp3) is 0.444. The van der Waals surface area contributed by atoms with Crippen molar-refractivity contribution in [3.8, 4) is 0 Å². The molecule has 1 aromatic heterocycles. The fourth-order valence-corrected chi connectivity index (χ4v) is 1.59. The Kier molecular flexibility index (Phi) is 2.41. The predicted molar refractivity (Wildman–Crippen MR) is 49.8 cm³/mol. The van der Waals surface area contributed by atoms with Crippen molar-refractivity contribution in [3.63, 3.8) is 0 Å². The monoisotopic (exact) mass is 193 g/mol. The van der Waals surface area contributed by atoms with Crippen LogP contribution in [0, 0.1) is 0 Å². The summed E-state index contributed by atoms with van der Waals surface area (Å²) in [6, 6.07) is 1.66. The molecule has 1 unspecified atom stereocenters. The number of hydrogen-bond acceptors (Lipinski definition) is 4. The second kappa shape index (κ2) is 3.71. The number of Topliss-reactive ketones (excluding diaryl/α,β-unsaturated/α-hetero) is 1. The van der Waals surface area contributed by atoms with Gasteiger partial charge in [0, 0.05) is 31.3 Å². The number of H-pyrrole nitrogens is 1. The summed E-state index contributed by atoms with van der Waals surface area (Å²) in [4.78, 5) is 28.3. The van der Waals surface area contributed by atoms with Crippen LogP contribution in [0.1, 0.15) is 24.6 Å². The summed E-state index contributed by atoms with van der Waals surface area (Å²) in [5, 5.41) is 3.17. The number of nitrogens with zero attached hydrogens (tertiary/aromatic N) is 1. The Morgan fingerprint density at radius 3 is 3.00 bits per heavy atom. The summed E-state index contributed by atoms with van der Waals surface area (Å²) < 4.78 is 0. The first kappa shape index (κ1) is 9.08. The van der Waals surface area contributed by atoms with Gasteiger partial charge in [-0.1, -0.05) is 0 Å². The summed E-state index contributed by atoms with van der Waals surface area (Å²) in [5.74, 6) is 0.228. The lowest BCUT2D eigenvalue weighted by Crippen LogP contribution is -2.33. The van der Waals surface area contributed by atoms with E-state index in [1.54, 1.807) is 6.07 Å². The van der Waals surface area contributed by atoms with Gasteiger partial charge >= 0.3 is 5.69 Å². The topological polar surface area (TPSA) is 74.8 Å². The lowest BCUT2D eigenvalue weighted by Gasteiger charge is -2.22. The van der Waals surface area contributed by atoms with Crippen molar-refractivity contribution in [1.29, 1.82) is 0 Å². The molecule has 0 aliphatic carbocycles. The molecule has 1 atom stereocenters. The third-order valence-corrected chi connectivity index (χ3v) is 2.30. The molecule has 0 aromatic carbocycles. The molecule has 0 amide bonds. The number of aromatic nitrogens is 2. The van der Waals surface area contributed by atoms with Crippen LogP contribution < -0.4 is 11.0 Å². The average molecular weight is 193 g/mol.